The number of nitrogens with one attached hydrogen (secondary N) is 2. The van der Waals surface area contributed by atoms with Crippen LogP contribution in [0.15, 0.2) is 53.4 Å². The molecule has 0 saturated carbocycles. The lowest BCUT2D eigenvalue weighted by Crippen LogP contribution is -2.39. The number of anilines is 1. The zero-order valence-electron chi connectivity index (χ0n) is 16.7. The van der Waals surface area contributed by atoms with Crippen LogP contribution < -0.4 is 10.0 Å². The molecule has 2 N–H and O–H groups in total. The number of likely N-dealkylation sites (N-methyl/N-ethyl adjacent to an activating group) is 1. The number of rotatable bonds is 10. The molecule has 0 heterocycles. The Kier molecular flexibility index (Phi) is 8.31. The Morgan fingerprint density at radius 3 is 2.43 bits per heavy atom. The van der Waals surface area contributed by atoms with Crippen molar-refractivity contribution in [2.24, 2.45) is 0 Å². The van der Waals surface area contributed by atoms with E-state index in [1.807, 2.05) is 0 Å². The third kappa shape index (κ3) is 6.53. The molecule has 30 heavy (non-hydrogen) atoms. The molecular weight excluding hydrogens is 413 g/mol. The molecule has 0 unspecified atom stereocenters. The van der Waals surface area contributed by atoms with Crippen LogP contribution in [0.4, 0.5) is 10.1 Å². The molecule has 0 aliphatic rings. The average molecular weight is 437 g/mol. The van der Waals surface area contributed by atoms with Gasteiger partial charge < -0.3 is 15.0 Å². The van der Waals surface area contributed by atoms with Gasteiger partial charge in [-0.15, -0.1) is 0 Å². The Balaban J connectivity index is 2.11. The van der Waals surface area contributed by atoms with Crippen molar-refractivity contribution in [3.05, 3.63) is 59.9 Å². The molecule has 0 spiro atoms. The summed E-state index contributed by atoms with van der Waals surface area (Å²) in [5.74, 6) is -1.43. The van der Waals surface area contributed by atoms with E-state index in [2.05, 4.69) is 10.0 Å². The van der Waals surface area contributed by atoms with Crippen LogP contribution in [-0.4, -0.2) is 59.0 Å². The van der Waals surface area contributed by atoms with E-state index < -0.39 is 21.7 Å². The fourth-order valence-corrected chi connectivity index (χ4v) is 3.65. The van der Waals surface area contributed by atoms with Crippen LogP contribution in [0.2, 0.25) is 0 Å². The van der Waals surface area contributed by atoms with E-state index in [1.165, 1.54) is 24.1 Å². The Labute approximate surface area is 175 Å². The Morgan fingerprint density at radius 1 is 1.10 bits per heavy atom. The van der Waals surface area contributed by atoms with Gasteiger partial charge in [0.05, 0.1) is 22.7 Å². The van der Waals surface area contributed by atoms with Crippen molar-refractivity contribution < 1.29 is 27.1 Å². The summed E-state index contributed by atoms with van der Waals surface area (Å²) in [5, 5.41) is 2.68. The molecule has 0 aromatic heterocycles. The van der Waals surface area contributed by atoms with E-state index in [1.54, 1.807) is 19.2 Å². The van der Waals surface area contributed by atoms with Gasteiger partial charge >= 0.3 is 0 Å². The summed E-state index contributed by atoms with van der Waals surface area (Å²) < 4.78 is 45.5. The zero-order valence-corrected chi connectivity index (χ0v) is 17.5. The third-order valence-corrected chi connectivity index (χ3v) is 5.48. The normalized spacial score (nSPS) is 11.0. The first kappa shape index (κ1) is 23.3. The molecule has 0 atom stereocenters. The molecule has 10 heteroatoms. The van der Waals surface area contributed by atoms with Crippen molar-refractivity contribution in [1.29, 1.82) is 0 Å². The van der Waals surface area contributed by atoms with E-state index >= 15 is 0 Å². The van der Waals surface area contributed by atoms with Crippen molar-refractivity contribution in [3.63, 3.8) is 0 Å². The molecule has 0 fully saturated rings. The predicted molar refractivity (Wildman–Crippen MR) is 110 cm³/mol. The zero-order chi connectivity index (χ0) is 22.1. The van der Waals surface area contributed by atoms with Gasteiger partial charge in [0.25, 0.3) is 15.9 Å². The van der Waals surface area contributed by atoms with E-state index in [0.717, 1.165) is 24.3 Å². The van der Waals surface area contributed by atoms with Crippen molar-refractivity contribution in [1.82, 2.24) is 10.2 Å². The van der Waals surface area contributed by atoms with E-state index in [9.17, 15) is 22.4 Å². The lowest BCUT2D eigenvalue weighted by Gasteiger charge is -2.19. The van der Waals surface area contributed by atoms with Crippen molar-refractivity contribution >= 4 is 27.5 Å². The van der Waals surface area contributed by atoms with Crippen LogP contribution in [0.25, 0.3) is 0 Å². The highest BCUT2D eigenvalue weighted by Crippen LogP contribution is 2.21. The summed E-state index contributed by atoms with van der Waals surface area (Å²) in [5.41, 5.74) is 0.136. The molecule has 0 radical (unpaired) electrons. The second-order valence-electron chi connectivity index (χ2n) is 6.46. The number of carbonyl (C=O) groups excluding carboxylic acids is 2. The van der Waals surface area contributed by atoms with Gasteiger partial charge in [0, 0.05) is 27.3 Å². The number of methoxy groups -OCH3 is 1. The number of hydrogen-bond acceptors (Lipinski definition) is 5. The van der Waals surface area contributed by atoms with E-state index in [-0.39, 0.29) is 28.6 Å². The monoisotopic (exact) mass is 437 g/mol. The molecular formula is C20H24FN3O5S. The van der Waals surface area contributed by atoms with Crippen molar-refractivity contribution in [3.8, 4) is 0 Å². The molecule has 2 aromatic rings. The number of para-hydroxylation sites is 1. The topological polar surface area (TPSA) is 105 Å². The van der Waals surface area contributed by atoms with E-state index in [4.69, 9.17) is 4.74 Å². The molecule has 0 aliphatic carbocycles. The second-order valence-corrected chi connectivity index (χ2v) is 8.14. The number of benzene rings is 2. The molecule has 0 bridgehead atoms. The van der Waals surface area contributed by atoms with Crippen LogP contribution >= 0.6 is 0 Å². The summed E-state index contributed by atoms with van der Waals surface area (Å²) in [6, 6.07) is 10.4. The number of halogens is 1. The molecule has 0 saturated heterocycles. The van der Waals surface area contributed by atoms with Gasteiger partial charge in [-0.2, -0.15) is 0 Å². The number of amides is 2. The average Bonchev–Trinajstić information content (AvgIpc) is 2.71. The van der Waals surface area contributed by atoms with Crippen LogP contribution in [0, 0.1) is 5.82 Å². The summed E-state index contributed by atoms with van der Waals surface area (Å²) in [7, 11) is -1.02. The maximum absolute atomic E-state index is 13.1. The van der Waals surface area contributed by atoms with Gasteiger partial charge in [-0.3, -0.25) is 14.3 Å². The quantitative estimate of drug-likeness (QED) is 0.552. The largest absolute Gasteiger partial charge is 0.385 e. The lowest BCUT2D eigenvalue weighted by atomic mass is 10.1. The van der Waals surface area contributed by atoms with Gasteiger partial charge in [-0.05, 0) is 42.8 Å². The van der Waals surface area contributed by atoms with Crippen LogP contribution in [0.3, 0.4) is 0 Å². The maximum Gasteiger partial charge on any atom is 0.261 e. The van der Waals surface area contributed by atoms with Crippen LogP contribution in [-0.2, 0) is 19.6 Å². The van der Waals surface area contributed by atoms with Crippen molar-refractivity contribution in [2.45, 2.75) is 11.3 Å². The minimum Gasteiger partial charge on any atom is -0.385 e. The van der Waals surface area contributed by atoms with Crippen LogP contribution in [0.1, 0.15) is 16.8 Å². The summed E-state index contributed by atoms with van der Waals surface area (Å²) in [4.78, 5) is 25.8. The minimum atomic E-state index is -4.03. The molecule has 2 amide bonds. The first-order valence-electron chi connectivity index (χ1n) is 9.13. The Bertz CT molecular complexity index is 980. The Hall–Kier alpha value is -2.98. The highest BCUT2D eigenvalue weighted by Gasteiger charge is 2.21. The first-order valence-corrected chi connectivity index (χ1v) is 10.6. The summed E-state index contributed by atoms with van der Waals surface area (Å²) in [6.07, 6.45) is 0.647. The third-order valence-electron chi connectivity index (χ3n) is 4.10. The summed E-state index contributed by atoms with van der Waals surface area (Å²) in [6.45, 7) is 0.740. The highest BCUT2D eigenvalue weighted by atomic mass is 32.2. The Morgan fingerprint density at radius 2 is 1.77 bits per heavy atom. The van der Waals surface area contributed by atoms with Crippen LogP contribution in [0.5, 0.6) is 0 Å². The van der Waals surface area contributed by atoms with Gasteiger partial charge in [-0.25, -0.2) is 12.8 Å². The number of hydrogen-bond donors (Lipinski definition) is 2. The fraction of sp³-hybridized carbons (Fsp3) is 0.300. The van der Waals surface area contributed by atoms with Gasteiger partial charge in [-0.1, -0.05) is 12.1 Å². The van der Waals surface area contributed by atoms with Gasteiger partial charge in [0.1, 0.15) is 5.82 Å². The number of carbonyl (C=O) groups is 2. The number of ether oxygens (including phenoxy) is 1. The SMILES string of the molecule is COCCCNC(=O)CN(C)C(=O)c1ccccc1NS(=O)(=O)c1ccc(F)cc1. The second kappa shape index (κ2) is 10.7. The molecule has 2 aromatic carbocycles. The summed E-state index contributed by atoms with van der Waals surface area (Å²) >= 11 is 0. The molecule has 0 aliphatic heterocycles. The first-order chi connectivity index (χ1) is 14.2. The van der Waals surface area contributed by atoms with Crippen molar-refractivity contribution in [2.75, 3.05) is 38.6 Å². The molecule has 8 nitrogen and oxygen atoms in total. The number of nitrogens with zero attached hydrogens (tertiary/aromatic N) is 1. The number of sulfonamides is 1. The van der Waals surface area contributed by atoms with Gasteiger partial charge in [0.15, 0.2) is 0 Å². The fourth-order valence-electron chi connectivity index (χ4n) is 2.57. The standard InChI is InChI=1S/C20H24FN3O5S/c1-24(14-19(25)22-12-5-13-29-2)20(26)17-6-3-4-7-18(17)23-30(27,28)16-10-8-15(21)9-11-16/h3-4,6-11,23H,5,12-14H2,1-2H3,(H,22,25). The van der Waals surface area contributed by atoms with E-state index in [0.29, 0.717) is 19.6 Å². The maximum atomic E-state index is 13.1. The molecule has 2 rings (SSSR count). The highest BCUT2D eigenvalue weighted by molar-refractivity contribution is 7.92. The predicted octanol–water partition coefficient (Wildman–Crippen LogP) is 1.85. The smallest absolute Gasteiger partial charge is 0.261 e. The lowest BCUT2D eigenvalue weighted by molar-refractivity contribution is -0.121. The molecule has 162 valence electrons. The minimum absolute atomic E-state index is 0.0548. The van der Waals surface area contributed by atoms with Gasteiger partial charge in [0.2, 0.25) is 5.91 Å².